The van der Waals surface area contributed by atoms with Gasteiger partial charge in [-0.05, 0) is 13.3 Å². The quantitative estimate of drug-likeness (QED) is 0.765. The van der Waals surface area contributed by atoms with Gasteiger partial charge in [0.15, 0.2) is 0 Å². The number of aromatic nitrogens is 2. The Balaban J connectivity index is 1.67. The normalized spacial score (nSPS) is 21.4. The first-order chi connectivity index (χ1) is 6.84. The summed E-state index contributed by atoms with van der Waals surface area (Å²) in [6.45, 7) is 4.17. The minimum absolute atomic E-state index is 0.511. The lowest BCUT2D eigenvalue weighted by atomic mass is 10.1. The van der Waals surface area contributed by atoms with Crippen LogP contribution in [0.2, 0.25) is 0 Å². The highest BCUT2D eigenvalue weighted by Gasteiger charge is 2.15. The van der Waals surface area contributed by atoms with Crippen LogP contribution in [0.3, 0.4) is 0 Å². The summed E-state index contributed by atoms with van der Waals surface area (Å²) in [7, 11) is 0. The van der Waals surface area contributed by atoms with Crippen molar-refractivity contribution < 1.29 is 9.57 Å². The highest BCUT2D eigenvalue weighted by molar-refractivity contribution is 7.09. The Kier molecular flexibility index (Phi) is 3.28. The zero-order valence-electron chi connectivity index (χ0n) is 8.02. The maximum absolute atomic E-state index is 5.29. The molecular formula is C8H13N3O2S. The van der Waals surface area contributed by atoms with Crippen molar-refractivity contribution in [1.29, 1.82) is 0 Å². The molecule has 0 aliphatic carbocycles. The molecular weight excluding hydrogens is 202 g/mol. The second kappa shape index (κ2) is 4.68. The second-order valence-electron chi connectivity index (χ2n) is 3.29. The lowest BCUT2D eigenvalue weighted by molar-refractivity contribution is 0.127. The Morgan fingerprint density at radius 2 is 2.64 bits per heavy atom. The molecule has 0 saturated carbocycles. The fourth-order valence-electron chi connectivity index (χ4n) is 1.27. The van der Waals surface area contributed by atoms with Crippen molar-refractivity contribution in [3.05, 3.63) is 5.82 Å². The lowest BCUT2D eigenvalue weighted by Gasteiger charge is -2.07. The van der Waals surface area contributed by atoms with Crippen molar-refractivity contribution in [2.45, 2.75) is 13.3 Å². The first-order valence-corrected chi connectivity index (χ1v) is 5.38. The molecule has 1 aliphatic heterocycles. The zero-order chi connectivity index (χ0) is 9.80. The highest BCUT2D eigenvalue weighted by atomic mass is 32.1. The number of nitrogens with one attached hydrogen (secondary N) is 1. The van der Waals surface area contributed by atoms with E-state index in [0.29, 0.717) is 17.7 Å². The topological polar surface area (TPSA) is 56.3 Å². The minimum Gasteiger partial charge on any atom is -0.381 e. The Bertz CT molecular complexity index is 286. The van der Waals surface area contributed by atoms with E-state index >= 15 is 0 Å². The van der Waals surface area contributed by atoms with Gasteiger partial charge < -0.3 is 4.74 Å². The van der Waals surface area contributed by atoms with Gasteiger partial charge in [-0.25, -0.2) is 10.5 Å². The van der Waals surface area contributed by atoms with Crippen LogP contribution >= 0.6 is 11.5 Å². The Morgan fingerprint density at radius 1 is 1.71 bits per heavy atom. The number of rotatable bonds is 4. The maximum Gasteiger partial charge on any atom is 0.226 e. The van der Waals surface area contributed by atoms with Gasteiger partial charge in [0.25, 0.3) is 0 Å². The predicted octanol–water partition coefficient (Wildman–Crippen LogP) is 1.23. The SMILES string of the molecule is Cc1nsc(NOCC2CCOC2)n1. The van der Waals surface area contributed by atoms with Crippen molar-refractivity contribution in [3.63, 3.8) is 0 Å². The van der Waals surface area contributed by atoms with Gasteiger partial charge in [-0.2, -0.15) is 4.37 Å². The van der Waals surface area contributed by atoms with Crippen LogP contribution in [0.4, 0.5) is 5.13 Å². The van der Waals surface area contributed by atoms with Gasteiger partial charge in [0, 0.05) is 24.1 Å². The second-order valence-corrected chi connectivity index (χ2v) is 4.04. The summed E-state index contributed by atoms with van der Waals surface area (Å²) in [5.41, 5.74) is 2.78. The van der Waals surface area contributed by atoms with E-state index in [1.807, 2.05) is 6.92 Å². The van der Waals surface area contributed by atoms with Crippen molar-refractivity contribution in [3.8, 4) is 0 Å². The van der Waals surface area contributed by atoms with E-state index in [4.69, 9.17) is 9.57 Å². The molecule has 0 amide bonds. The third-order valence-corrected chi connectivity index (χ3v) is 2.73. The lowest BCUT2D eigenvalue weighted by Crippen LogP contribution is -2.12. The maximum atomic E-state index is 5.29. The van der Waals surface area contributed by atoms with Gasteiger partial charge in [0.2, 0.25) is 5.13 Å². The summed E-state index contributed by atoms with van der Waals surface area (Å²) in [5, 5.41) is 0.710. The average Bonchev–Trinajstić information content (AvgIpc) is 2.77. The van der Waals surface area contributed by atoms with E-state index in [2.05, 4.69) is 14.8 Å². The smallest absolute Gasteiger partial charge is 0.226 e. The van der Waals surface area contributed by atoms with Crippen molar-refractivity contribution in [2.24, 2.45) is 5.92 Å². The van der Waals surface area contributed by atoms with Gasteiger partial charge in [-0.3, -0.25) is 4.84 Å². The third-order valence-electron chi connectivity index (χ3n) is 2.03. The van der Waals surface area contributed by atoms with Crippen molar-refractivity contribution in [2.75, 3.05) is 25.3 Å². The van der Waals surface area contributed by atoms with Crippen LogP contribution in [0.15, 0.2) is 0 Å². The van der Waals surface area contributed by atoms with E-state index in [9.17, 15) is 0 Å². The van der Waals surface area contributed by atoms with E-state index in [1.165, 1.54) is 11.5 Å². The number of hydrogen-bond acceptors (Lipinski definition) is 6. The Hall–Kier alpha value is -0.720. The standard InChI is InChI=1S/C8H13N3O2S/c1-6-9-8(14-11-6)10-13-5-7-2-3-12-4-7/h7H,2-5H2,1H3,(H,9,10,11). The molecule has 1 aliphatic rings. The first kappa shape index (κ1) is 9.82. The van der Waals surface area contributed by atoms with E-state index in [1.54, 1.807) is 0 Å². The minimum atomic E-state index is 0.511. The fourth-order valence-corrected chi connectivity index (χ4v) is 1.80. The van der Waals surface area contributed by atoms with Crippen LogP contribution in [-0.4, -0.2) is 29.2 Å². The Morgan fingerprint density at radius 3 is 3.29 bits per heavy atom. The molecule has 6 heteroatoms. The van der Waals surface area contributed by atoms with Gasteiger partial charge in [0.1, 0.15) is 5.82 Å². The summed E-state index contributed by atoms with van der Waals surface area (Å²) in [5.74, 6) is 1.28. The third kappa shape index (κ3) is 2.63. The molecule has 1 N–H and O–H groups in total. The molecule has 1 atom stereocenters. The van der Waals surface area contributed by atoms with E-state index < -0.39 is 0 Å². The van der Waals surface area contributed by atoms with Crippen LogP contribution < -0.4 is 5.48 Å². The van der Waals surface area contributed by atoms with Crippen LogP contribution in [0.5, 0.6) is 0 Å². The summed E-state index contributed by atoms with van der Waals surface area (Å²) < 4.78 is 9.26. The monoisotopic (exact) mass is 215 g/mol. The van der Waals surface area contributed by atoms with Crippen LogP contribution in [0, 0.1) is 12.8 Å². The molecule has 2 rings (SSSR count). The highest BCUT2D eigenvalue weighted by Crippen LogP contribution is 2.14. The molecule has 78 valence electrons. The number of anilines is 1. The van der Waals surface area contributed by atoms with Crippen LogP contribution in [0.25, 0.3) is 0 Å². The molecule has 1 fully saturated rings. The fraction of sp³-hybridized carbons (Fsp3) is 0.750. The van der Waals surface area contributed by atoms with Crippen LogP contribution in [0.1, 0.15) is 12.2 Å². The first-order valence-electron chi connectivity index (χ1n) is 4.60. The van der Waals surface area contributed by atoms with Gasteiger partial charge >= 0.3 is 0 Å². The molecule has 1 saturated heterocycles. The number of aryl methyl sites for hydroxylation is 1. The molecule has 5 nitrogen and oxygen atoms in total. The molecule has 0 radical (unpaired) electrons. The molecule has 0 spiro atoms. The average molecular weight is 215 g/mol. The van der Waals surface area contributed by atoms with Gasteiger partial charge in [-0.15, -0.1) is 0 Å². The number of ether oxygens (including phenoxy) is 1. The summed E-state index contributed by atoms with van der Waals surface area (Å²) >= 11 is 1.30. The molecule has 2 heterocycles. The summed E-state index contributed by atoms with van der Waals surface area (Å²) in [6.07, 6.45) is 1.08. The largest absolute Gasteiger partial charge is 0.381 e. The van der Waals surface area contributed by atoms with Gasteiger partial charge in [-0.1, -0.05) is 0 Å². The van der Waals surface area contributed by atoms with Gasteiger partial charge in [0.05, 0.1) is 13.2 Å². The number of nitrogens with zero attached hydrogens (tertiary/aromatic N) is 2. The predicted molar refractivity (Wildman–Crippen MR) is 53.1 cm³/mol. The van der Waals surface area contributed by atoms with Crippen molar-refractivity contribution >= 4 is 16.7 Å². The molecule has 1 aromatic rings. The summed E-state index contributed by atoms with van der Waals surface area (Å²) in [4.78, 5) is 9.41. The van der Waals surface area contributed by atoms with E-state index in [0.717, 1.165) is 25.5 Å². The molecule has 0 aromatic carbocycles. The summed E-state index contributed by atoms with van der Waals surface area (Å²) in [6, 6.07) is 0. The zero-order valence-corrected chi connectivity index (χ0v) is 8.84. The number of hydrogen-bond donors (Lipinski definition) is 1. The van der Waals surface area contributed by atoms with Crippen molar-refractivity contribution in [1.82, 2.24) is 9.36 Å². The van der Waals surface area contributed by atoms with E-state index in [-0.39, 0.29) is 0 Å². The molecule has 1 aromatic heterocycles. The molecule has 1 unspecified atom stereocenters. The Labute approximate surface area is 86.6 Å². The molecule has 14 heavy (non-hydrogen) atoms. The molecule has 0 bridgehead atoms. The van der Waals surface area contributed by atoms with Crippen LogP contribution in [-0.2, 0) is 9.57 Å².